The molecule has 0 aliphatic carbocycles. The molecule has 8 nitrogen and oxygen atoms in total. The second-order valence-corrected chi connectivity index (χ2v) is 8.43. The molecule has 5 heterocycles. The number of alkyl halides is 2. The van der Waals surface area contributed by atoms with Gasteiger partial charge in [0.25, 0.3) is 6.43 Å². The van der Waals surface area contributed by atoms with Crippen molar-refractivity contribution >= 4 is 11.4 Å². The number of fused-ring (bicyclic) bond motifs is 1. The average Bonchev–Trinajstić information content (AvgIpc) is 3.32. The zero-order valence-corrected chi connectivity index (χ0v) is 18.6. The van der Waals surface area contributed by atoms with E-state index < -0.39 is 6.43 Å². The summed E-state index contributed by atoms with van der Waals surface area (Å²) in [6.07, 6.45) is 4.95. The van der Waals surface area contributed by atoms with Crippen molar-refractivity contribution in [2.75, 3.05) is 44.9 Å². The van der Waals surface area contributed by atoms with Crippen LogP contribution in [0.2, 0.25) is 0 Å². The monoisotopic (exact) mass is 462 g/mol. The smallest absolute Gasteiger partial charge is 0.269 e. The van der Waals surface area contributed by atoms with Crippen LogP contribution in [0.15, 0.2) is 24.5 Å². The van der Waals surface area contributed by atoms with Crippen molar-refractivity contribution in [3.05, 3.63) is 30.1 Å². The minimum absolute atomic E-state index is 0.0205. The highest BCUT2D eigenvalue weighted by molar-refractivity contribution is 5.71. The number of pyridine rings is 2. The van der Waals surface area contributed by atoms with Crippen LogP contribution in [0.25, 0.3) is 0 Å². The second-order valence-electron chi connectivity index (χ2n) is 8.43. The molecule has 0 bridgehead atoms. The molecule has 3 aliphatic heterocycles. The number of rotatable bonds is 6. The molecule has 3 aliphatic rings. The molecule has 0 amide bonds. The molecule has 2 fully saturated rings. The Bertz CT molecular complexity index is 973. The third-order valence-corrected chi connectivity index (χ3v) is 6.32. The summed E-state index contributed by atoms with van der Waals surface area (Å²) in [6.45, 7) is 3.45. The van der Waals surface area contributed by atoms with Crippen LogP contribution >= 0.6 is 0 Å². The van der Waals surface area contributed by atoms with Crippen molar-refractivity contribution in [3.63, 3.8) is 0 Å². The minimum atomic E-state index is -2.69. The summed E-state index contributed by atoms with van der Waals surface area (Å²) in [5.74, 6) is 0.983. The summed E-state index contributed by atoms with van der Waals surface area (Å²) >= 11 is 0. The maximum absolute atomic E-state index is 13.5. The summed E-state index contributed by atoms with van der Waals surface area (Å²) in [4.78, 5) is 12.7. The van der Waals surface area contributed by atoms with Crippen molar-refractivity contribution in [2.24, 2.45) is 0 Å². The molecule has 2 atom stereocenters. The van der Waals surface area contributed by atoms with Gasteiger partial charge in [-0.1, -0.05) is 0 Å². The van der Waals surface area contributed by atoms with E-state index in [0.29, 0.717) is 36.2 Å². The molecule has 1 unspecified atom stereocenters. The standard InChI is InChI=1S/C23H28F2N4O4/c1-30-23-17(22(24)25)10-15(12-27-23)29-7-9-31-19-13-26-20(11-18(19)29)33-16-5-6-28(14-16)21-4-2-3-8-32-21/h10-13,16,21-22H,2-9,14H2,1H3/t16-,21?/m0/s1. The lowest BCUT2D eigenvalue weighted by atomic mass is 10.2. The highest BCUT2D eigenvalue weighted by Crippen LogP contribution is 2.40. The molecule has 10 heteroatoms. The second kappa shape index (κ2) is 9.64. The van der Waals surface area contributed by atoms with E-state index in [0.717, 1.165) is 39.0 Å². The molecule has 178 valence electrons. The molecule has 0 radical (unpaired) electrons. The Morgan fingerprint density at radius 1 is 1.09 bits per heavy atom. The van der Waals surface area contributed by atoms with Crippen molar-refractivity contribution in [2.45, 2.75) is 44.4 Å². The van der Waals surface area contributed by atoms with E-state index in [-0.39, 0.29) is 23.8 Å². The number of likely N-dealkylation sites (tertiary alicyclic amines) is 1. The first-order valence-electron chi connectivity index (χ1n) is 11.4. The fraction of sp³-hybridized carbons (Fsp3) is 0.565. The number of ether oxygens (including phenoxy) is 4. The van der Waals surface area contributed by atoms with E-state index in [4.69, 9.17) is 18.9 Å². The topological polar surface area (TPSA) is 69.2 Å². The minimum Gasteiger partial charge on any atom is -0.488 e. The number of methoxy groups -OCH3 is 1. The Morgan fingerprint density at radius 2 is 2.00 bits per heavy atom. The number of halogens is 2. The first-order chi connectivity index (χ1) is 16.1. The SMILES string of the molecule is COc1ncc(N2CCOc3cnc(O[C@H]4CCN(C5CCCCO5)C4)cc32)cc1C(F)F. The van der Waals surface area contributed by atoms with Crippen LogP contribution in [0.5, 0.6) is 17.5 Å². The largest absolute Gasteiger partial charge is 0.488 e. The van der Waals surface area contributed by atoms with Crippen LogP contribution in [0, 0.1) is 0 Å². The molecular formula is C23H28F2N4O4. The highest BCUT2D eigenvalue weighted by atomic mass is 19.3. The molecular weight excluding hydrogens is 434 g/mol. The zero-order chi connectivity index (χ0) is 22.8. The molecule has 0 aromatic carbocycles. The quantitative estimate of drug-likeness (QED) is 0.640. The normalized spacial score (nSPS) is 23.3. The predicted octanol–water partition coefficient (Wildman–Crippen LogP) is 3.93. The Morgan fingerprint density at radius 3 is 2.79 bits per heavy atom. The van der Waals surface area contributed by atoms with Crippen molar-refractivity contribution in [1.82, 2.24) is 14.9 Å². The lowest BCUT2D eigenvalue weighted by Gasteiger charge is -2.32. The Kier molecular flexibility index (Phi) is 6.45. The van der Waals surface area contributed by atoms with Gasteiger partial charge in [-0.15, -0.1) is 0 Å². The van der Waals surface area contributed by atoms with E-state index in [9.17, 15) is 8.78 Å². The first kappa shape index (κ1) is 22.1. The van der Waals surface area contributed by atoms with Gasteiger partial charge >= 0.3 is 0 Å². The van der Waals surface area contributed by atoms with E-state index >= 15 is 0 Å². The summed E-state index contributed by atoms with van der Waals surface area (Å²) in [5.41, 5.74) is 1.00. The van der Waals surface area contributed by atoms with Gasteiger partial charge in [-0.05, 0) is 31.7 Å². The molecule has 5 rings (SSSR count). The molecule has 0 saturated carbocycles. The highest BCUT2D eigenvalue weighted by Gasteiger charge is 2.32. The van der Waals surface area contributed by atoms with E-state index in [2.05, 4.69) is 14.9 Å². The number of hydrogen-bond donors (Lipinski definition) is 0. The van der Waals surface area contributed by atoms with Gasteiger partial charge in [0, 0.05) is 25.8 Å². The fourth-order valence-corrected chi connectivity index (χ4v) is 4.66. The first-order valence-corrected chi connectivity index (χ1v) is 11.4. The zero-order valence-electron chi connectivity index (χ0n) is 18.6. The van der Waals surface area contributed by atoms with Crippen molar-refractivity contribution in [1.29, 1.82) is 0 Å². The van der Waals surface area contributed by atoms with Gasteiger partial charge in [0.2, 0.25) is 11.8 Å². The van der Waals surface area contributed by atoms with Gasteiger partial charge < -0.3 is 23.8 Å². The van der Waals surface area contributed by atoms with Gasteiger partial charge in [0.15, 0.2) is 5.75 Å². The van der Waals surface area contributed by atoms with Crippen LogP contribution in [0.4, 0.5) is 20.2 Å². The molecule has 2 saturated heterocycles. The number of nitrogens with zero attached hydrogens (tertiary/aromatic N) is 4. The van der Waals surface area contributed by atoms with Gasteiger partial charge in [0.05, 0.1) is 43.0 Å². The van der Waals surface area contributed by atoms with Crippen LogP contribution in [0.3, 0.4) is 0 Å². The molecule has 2 aromatic heterocycles. The molecule has 2 aromatic rings. The van der Waals surface area contributed by atoms with E-state index in [1.54, 1.807) is 12.3 Å². The lowest BCUT2D eigenvalue weighted by Crippen LogP contribution is -2.38. The van der Waals surface area contributed by atoms with Gasteiger partial charge in [-0.3, -0.25) is 4.90 Å². The molecule has 33 heavy (non-hydrogen) atoms. The van der Waals surface area contributed by atoms with E-state index in [1.807, 2.05) is 4.90 Å². The van der Waals surface area contributed by atoms with Crippen LogP contribution in [-0.2, 0) is 4.74 Å². The maximum atomic E-state index is 13.5. The number of anilines is 2. The summed E-state index contributed by atoms with van der Waals surface area (Å²) in [5, 5.41) is 0. The summed E-state index contributed by atoms with van der Waals surface area (Å²) in [7, 11) is 1.33. The predicted molar refractivity (Wildman–Crippen MR) is 117 cm³/mol. The van der Waals surface area contributed by atoms with Crippen LogP contribution in [-0.4, -0.2) is 67.2 Å². The van der Waals surface area contributed by atoms with E-state index in [1.165, 1.54) is 25.8 Å². The summed E-state index contributed by atoms with van der Waals surface area (Å²) in [6, 6.07) is 3.21. The Balaban J connectivity index is 1.33. The van der Waals surface area contributed by atoms with Crippen LogP contribution < -0.4 is 19.1 Å². The summed E-state index contributed by atoms with van der Waals surface area (Å²) < 4.78 is 49.8. The number of hydrogen-bond acceptors (Lipinski definition) is 8. The fourth-order valence-electron chi connectivity index (χ4n) is 4.66. The van der Waals surface area contributed by atoms with Crippen molar-refractivity contribution in [3.8, 4) is 17.5 Å². The molecule has 0 N–H and O–H groups in total. The third kappa shape index (κ3) is 4.67. The van der Waals surface area contributed by atoms with Gasteiger partial charge in [0.1, 0.15) is 18.9 Å². The maximum Gasteiger partial charge on any atom is 0.269 e. The molecule has 0 spiro atoms. The van der Waals surface area contributed by atoms with Gasteiger partial charge in [-0.25, -0.2) is 18.7 Å². The van der Waals surface area contributed by atoms with Crippen molar-refractivity contribution < 1.29 is 27.7 Å². The average molecular weight is 462 g/mol. The van der Waals surface area contributed by atoms with Crippen LogP contribution in [0.1, 0.15) is 37.7 Å². The lowest BCUT2D eigenvalue weighted by molar-refractivity contribution is -0.0790. The Hall–Kier alpha value is -2.72. The van der Waals surface area contributed by atoms with Gasteiger partial charge in [-0.2, -0.15) is 0 Å². The number of aromatic nitrogens is 2. The third-order valence-electron chi connectivity index (χ3n) is 6.32. The Labute approximate surface area is 191 Å².